The van der Waals surface area contributed by atoms with Crippen LogP contribution in [0.3, 0.4) is 0 Å². The molecule has 0 aliphatic carbocycles. The molecule has 1 unspecified atom stereocenters. The molecule has 0 heterocycles. The van der Waals surface area contributed by atoms with Gasteiger partial charge in [0.2, 0.25) is 0 Å². The van der Waals surface area contributed by atoms with E-state index in [2.05, 4.69) is 0 Å². The van der Waals surface area contributed by atoms with E-state index in [4.69, 9.17) is 5.73 Å². The molecule has 2 N–H and O–H groups in total. The molecule has 3 aromatic rings. The Labute approximate surface area is 111 Å². The molecule has 0 amide bonds. The summed E-state index contributed by atoms with van der Waals surface area (Å²) in [6.45, 7) is 0. The summed E-state index contributed by atoms with van der Waals surface area (Å²) in [6, 6.07) is 20.3. The van der Waals surface area contributed by atoms with Crippen molar-refractivity contribution in [1.29, 1.82) is 0 Å². The predicted molar refractivity (Wildman–Crippen MR) is 76.4 cm³/mol. The molecule has 0 spiro atoms. The quantitative estimate of drug-likeness (QED) is 0.731. The molecule has 1 atom stereocenters. The minimum Gasteiger partial charge on any atom is -0.320 e. The number of hydrogen-bond donors (Lipinski definition) is 1. The van der Waals surface area contributed by atoms with Gasteiger partial charge in [0.25, 0.3) is 0 Å². The molecule has 0 aromatic heterocycles. The summed E-state index contributed by atoms with van der Waals surface area (Å²) in [5, 5.41) is 2.28. The summed E-state index contributed by atoms with van der Waals surface area (Å²) in [7, 11) is 0. The van der Waals surface area contributed by atoms with Gasteiger partial charge in [-0.25, -0.2) is 4.39 Å². The number of halogens is 1. The average molecular weight is 251 g/mol. The van der Waals surface area contributed by atoms with Gasteiger partial charge in [-0.3, -0.25) is 0 Å². The highest BCUT2D eigenvalue weighted by molar-refractivity contribution is 5.83. The van der Waals surface area contributed by atoms with Crippen LogP contribution in [0.5, 0.6) is 0 Å². The Hall–Kier alpha value is -2.19. The largest absolute Gasteiger partial charge is 0.320 e. The Kier molecular flexibility index (Phi) is 3.02. The van der Waals surface area contributed by atoms with Gasteiger partial charge in [0.15, 0.2) is 0 Å². The summed E-state index contributed by atoms with van der Waals surface area (Å²) in [5.74, 6) is -0.261. The van der Waals surface area contributed by atoms with E-state index in [1.54, 1.807) is 18.2 Å². The van der Waals surface area contributed by atoms with Crippen LogP contribution in [0.2, 0.25) is 0 Å². The lowest BCUT2D eigenvalue weighted by atomic mass is 9.97. The van der Waals surface area contributed by atoms with Gasteiger partial charge < -0.3 is 5.73 Å². The van der Waals surface area contributed by atoms with Gasteiger partial charge in [-0.1, -0.05) is 54.6 Å². The highest BCUT2D eigenvalue weighted by Gasteiger charge is 2.13. The zero-order valence-corrected chi connectivity index (χ0v) is 10.4. The molecule has 3 rings (SSSR count). The summed E-state index contributed by atoms with van der Waals surface area (Å²) >= 11 is 0. The Bertz CT molecular complexity index is 721. The minimum atomic E-state index is -0.439. The number of fused-ring (bicyclic) bond motifs is 1. The van der Waals surface area contributed by atoms with E-state index in [9.17, 15) is 4.39 Å². The second-order valence-corrected chi connectivity index (χ2v) is 4.61. The third-order valence-corrected chi connectivity index (χ3v) is 3.37. The van der Waals surface area contributed by atoms with Crippen molar-refractivity contribution in [3.63, 3.8) is 0 Å². The first-order valence-corrected chi connectivity index (χ1v) is 6.24. The maximum Gasteiger partial charge on any atom is 0.128 e. The van der Waals surface area contributed by atoms with E-state index in [1.807, 2.05) is 42.5 Å². The standard InChI is InChI=1S/C17H14FN/c18-16-8-4-3-7-15(16)17(19)14-10-9-12-5-1-2-6-13(12)11-14/h1-11,17H,19H2. The van der Waals surface area contributed by atoms with E-state index < -0.39 is 6.04 Å². The number of hydrogen-bond acceptors (Lipinski definition) is 1. The van der Waals surface area contributed by atoms with Gasteiger partial charge in [-0.15, -0.1) is 0 Å². The number of nitrogens with two attached hydrogens (primary N) is 1. The van der Waals surface area contributed by atoms with Crippen LogP contribution in [0.25, 0.3) is 10.8 Å². The van der Waals surface area contributed by atoms with Crippen LogP contribution in [-0.2, 0) is 0 Å². The lowest BCUT2D eigenvalue weighted by Gasteiger charge is -2.14. The van der Waals surface area contributed by atoms with Crippen LogP contribution in [0.4, 0.5) is 4.39 Å². The highest BCUT2D eigenvalue weighted by atomic mass is 19.1. The summed E-state index contributed by atoms with van der Waals surface area (Å²) in [4.78, 5) is 0. The van der Waals surface area contributed by atoms with E-state index in [0.29, 0.717) is 5.56 Å². The third kappa shape index (κ3) is 2.23. The van der Waals surface area contributed by atoms with Crippen molar-refractivity contribution < 1.29 is 4.39 Å². The van der Waals surface area contributed by atoms with Crippen molar-refractivity contribution in [2.24, 2.45) is 5.73 Å². The van der Waals surface area contributed by atoms with Crippen molar-refractivity contribution >= 4 is 10.8 Å². The molecular formula is C17H14FN. The fourth-order valence-corrected chi connectivity index (χ4v) is 2.31. The second-order valence-electron chi connectivity index (χ2n) is 4.61. The predicted octanol–water partition coefficient (Wildman–Crippen LogP) is 4.03. The fourth-order valence-electron chi connectivity index (χ4n) is 2.31. The Balaban J connectivity index is 2.07. The first-order chi connectivity index (χ1) is 9.25. The molecule has 2 heteroatoms. The van der Waals surface area contributed by atoms with E-state index in [-0.39, 0.29) is 5.82 Å². The molecule has 0 saturated carbocycles. The molecule has 0 radical (unpaired) electrons. The van der Waals surface area contributed by atoms with Crippen LogP contribution in [0.15, 0.2) is 66.7 Å². The first-order valence-electron chi connectivity index (χ1n) is 6.24. The topological polar surface area (TPSA) is 26.0 Å². The maximum absolute atomic E-state index is 13.8. The van der Waals surface area contributed by atoms with Crippen molar-refractivity contribution in [2.75, 3.05) is 0 Å². The van der Waals surface area contributed by atoms with E-state index in [0.717, 1.165) is 16.3 Å². The molecule has 3 aromatic carbocycles. The second kappa shape index (κ2) is 4.82. The Morgan fingerprint density at radius 3 is 2.26 bits per heavy atom. The van der Waals surface area contributed by atoms with Gasteiger partial charge in [0.05, 0.1) is 6.04 Å². The van der Waals surface area contributed by atoms with Crippen LogP contribution >= 0.6 is 0 Å². The van der Waals surface area contributed by atoms with Crippen molar-refractivity contribution in [2.45, 2.75) is 6.04 Å². The molecule has 0 bridgehead atoms. The van der Waals surface area contributed by atoms with Crippen LogP contribution in [-0.4, -0.2) is 0 Å². The molecule has 0 saturated heterocycles. The van der Waals surface area contributed by atoms with Crippen LogP contribution in [0, 0.1) is 5.82 Å². The van der Waals surface area contributed by atoms with E-state index >= 15 is 0 Å². The smallest absolute Gasteiger partial charge is 0.128 e. The number of rotatable bonds is 2. The molecule has 0 aliphatic rings. The first kappa shape index (κ1) is 11.9. The molecule has 1 nitrogen and oxygen atoms in total. The third-order valence-electron chi connectivity index (χ3n) is 3.37. The van der Waals surface area contributed by atoms with Crippen molar-refractivity contribution in [1.82, 2.24) is 0 Å². The zero-order chi connectivity index (χ0) is 13.2. The lowest BCUT2D eigenvalue weighted by Crippen LogP contribution is -2.13. The average Bonchev–Trinajstić information content (AvgIpc) is 2.46. The molecule has 0 aliphatic heterocycles. The van der Waals surface area contributed by atoms with Gasteiger partial charge in [0, 0.05) is 5.56 Å². The van der Waals surface area contributed by atoms with Crippen LogP contribution in [0.1, 0.15) is 17.2 Å². The Morgan fingerprint density at radius 2 is 1.47 bits per heavy atom. The summed E-state index contributed by atoms with van der Waals surface area (Å²) in [5.41, 5.74) is 7.61. The monoisotopic (exact) mass is 251 g/mol. The SMILES string of the molecule is NC(c1ccc2ccccc2c1)c1ccccc1F. The van der Waals surface area contributed by atoms with Gasteiger partial charge >= 0.3 is 0 Å². The summed E-state index contributed by atoms with van der Waals surface area (Å²) in [6.07, 6.45) is 0. The van der Waals surface area contributed by atoms with E-state index in [1.165, 1.54) is 6.07 Å². The van der Waals surface area contributed by atoms with Gasteiger partial charge in [-0.05, 0) is 28.5 Å². The Morgan fingerprint density at radius 1 is 0.789 bits per heavy atom. The normalized spacial score (nSPS) is 12.5. The van der Waals surface area contributed by atoms with Crippen molar-refractivity contribution in [3.8, 4) is 0 Å². The molecule has 0 fully saturated rings. The zero-order valence-electron chi connectivity index (χ0n) is 10.4. The summed E-state index contributed by atoms with van der Waals surface area (Å²) < 4.78 is 13.8. The van der Waals surface area contributed by atoms with Crippen molar-refractivity contribution in [3.05, 3.63) is 83.7 Å². The highest BCUT2D eigenvalue weighted by Crippen LogP contribution is 2.25. The fraction of sp³-hybridized carbons (Fsp3) is 0.0588. The van der Waals surface area contributed by atoms with Gasteiger partial charge in [-0.2, -0.15) is 0 Å². The number of benzene rings is 3. The van der Waals surface area contributed by atoms with Gasteiger partial charge in [0.1, 0.15) is 5.82 Å². The molecule has 94 valence electrons. The van der Waals surface area contributed by atoms with Crippen LogP contribution < -0.4 is 5.73 Å². The molecule has 19 heavy (non-hydrogen) atoms. The lowest BCUT2D eigenvalue weighted by molar-refractivity contribution is 0.600. The minimum absolute atomic E-state index is 0.261. The maximum atomic E-state index is 13.8. The molecular weight excluding hydrogens is 237 g/mol.